The minimum atomic E-state index is -0.657. The summed E-state index contributed by atoms with van der Waals surface area (Å²) in [4.78, 5) is 17.3. The lowest BCUT2D eigenvalue weighted by Gasteiger charge is -2.28. The molecule has 5 rings (SSSR count). The summed E-state index contributed by atoms with van der Waals surface area (Å²) < 4.78 is 32.8. The molecule has 0 N–H and O–H groups in total. The van der Waals surface area contributed by atoms with Crippen LogP contribution in [-0.4, -0.2) is 15.4 Å². The predicted octanol–water partition coefficient (Wildman–Crippen LogP) is 5.15. The fourth-order valence-corrected chi connectivity index (χ4v) is 4.32. The number of nitrogens with zero attached hydrogens (tertiary/aromatic N) is 2. The molecule has 0 saturated carbocycles. The van der Waals surface area contributed by atoms with Crippen LogP contribution in [-0.2, 0) is 22.7 Å². The van der Waals surface area contributed by atoms with E-state index < -0.39 is 18.1 Å². The van der Waals surface area contributed by atoms with E-state index in [9.17, 15) is 9.18 Å². The third-order valence-corrected chi connectivity index (χ3v) is 5.69. The molecule has 1 aliphatic heterocycles. The van der Waals surface area contributed by atoms with E-state index >= 15 is 0 Å². The molecule has 2 aromatic carbocycles. The van der Waals surface area contributed by atoms with Gasteiger partial charge in [-0.05, 0) is 12.1 Å². The first-order valence-electron chi connectivity index (χ1n) is 9.03. The van der Waals surface area contributed by atoms with E-state index in [2.05, 4.69) is 4.98 Å². The highest BCUT2D eigenvalue weighted by molar-refractivity contribution is 7.15. The Morgan fingerprint density at radius 2 is 2.17 bits per heavy atom. The van der Waals surface area contributed by atoms with Crippen molar-refractivity contribution in [3.8, 4) is 5.75 Å². The van der Waals surface area contributed by atoms with Crippen molar-refractivity contribution in [1.82, 2.24) is 9.38 Å². The fraction of sp³-hybridized carbons (Fsp3) is 0.143. The summed E-state index contributed by atoms with van der Waals surface area (Å²) in [5.74, 6) is -0.673. The summed E-state index contributed by atoms with van der Waals surface area (Å²) in [6.07, 6.45) is 1.05. The SMILES string of the molecule is O=C(OCc1cc(F)cc2c1OC(c1ccccc1)OC2)c1c(Cl)nc2sccn12. The minimum absolute atomic E-state index is 0.0573. The molecule has 3 heterocycles. The molecule has 30 heavy (non-hydrogen) atoms. The standard InChI is InChI=1S/C21H14ClFN2O4S/c22-18-16(25-6-7-30-21(25)24-18)19(26)27-10-13-8-15(23)9-14-11-28-20(29-17(13)14)12-4-2-1-3-5-12/h1-9,20H,10-11H2. The second-order valence-corrected chi connectivity index (χ2v) is 7.84. The van der Waals surface area contributed by atoms with Crippen LogP contribution in [0.4, 0.5) is 4.39 Å². The van der Waals surface area contributed by atoms with E-state index in [1.54, 1.807) is 16.0 Å². The molecule has 9 heteroatoms. The van der Waals surface area contributed by atoms with Gasteiger partial charge in [0.25, 0.3) is 0 Å². The molecule has 0 amide bonds. The molecule has 0 saturated heterocycles. The number of thiazole rings is 1. The Kier molecular flexibility index (Phi) is 4.90. The first-order valence-corrected chi connectivity index (χ1v) is 10.3. The zero-order valence-corrected chi connectivity index (χ0v) is 17.0. The van der Waals surface area contributed by atoms with Crippen molar-refractivity contribution in [2.24, 2.45) is 0 Å². The van der Waals surface area contributed by atoms with Crippen LogP contribution in [0.2, 0.25) is 5.15 Å². The first kappa shape index (κ1) is 19.0. The number of ether oxygens (including phenoxy) is 3. The number of hydrogen-bond acceptors (Lipinski definition) is 6. The van der Waals surface area contributed by atoms with Crippen LogP contribution >= 0.6 is 22.9 Å². The topological polar surface area (TPSA) is 62.1 Å². The average molecular weight is 445 g/mol. The van der Waals surface area contributed by atoms with Crippen LogP contribution in [0.5, 0.6) is 5.75 Å². The minimum Gasteiger partial charge on any atom is -0.460 e. The lowest BCUT2D eigenvalue weighted by atomic mass is 10.1. The van der Waals surface area contributed by atoms with Gasteiger partial charge in [-0.25, -0.2) is 14.2 Å². The summed E-state index contributed by atoms with van der Waals surface area (Å²) in [5, 5.41) is 1.84. The highest BCUT2D eigenvalue weighted by Gasteiger charge is 2.26. The molecule has 0 spiro atoms. The molecular weight excluding hydrogens is 431 g/mol. The summed E-state index contributed by atoms with van der Waals surface area (Å²) in [7, 11) is 0. The Hall–Kier alpha value is -2.94. The first-order chi connectivity index (χ1) is 14.6. The van der Waals surface area contributed by atoms with Crippen molar-refractivity contribution in [3.63, 3.8) is 0 Å². The Balaban J connectivity index is 1.40. The number of halogens is 2. The normalized spacial score (nSPS) is 15.6. The zero-order chi connectivity index (χ0) is 20.7. The van der Waals surface area contributed by atoms with Crippen molar-refractivity contribution in [3.05, 3.63) is 87.4 Å². The van der Waals surface area contributed by atoms with Crippen LogP contribution in [0.1, 0.15) is 33.5 Å². The van der Waals surface area contributed by atoms with Crippen LogP contribution in [0, 0.1) is 5.82 Å². The van der Waals surface area contributed by atoms with Gasteiger partial charge in [-0.1, -0.05) is 41.9 Å². The van der Waals surface area contributed by atoms with Crippen molar-refractivity contribution in [2.75, 3.05) is 0 Å². The second kappa shape index (κ2) is 7.71. The molecule has 2 aromatic heterocycles. The van der Waals surface area contributed by atoms with Gasteiger partial charge in [0.05, 0.1) is 6.61 Å². The number of aromatic nitrogens is 2. The quantitative estimate of drug-likeness (QED) is 0.407. The van der Waals surface area contributed by atoms with E-state index in [1.165, 1.54) is 23.5 Å². The number of hydrogen-bond donors (Lipinski definition) is 0. The smallest absolute Gasteiger partial charge is 0.358 e. The maximum absolute atomic E-state index is 14.1. The molecular formula is C21H14ClFN2O4S. The number of benzene rings is 2. The molecule has 0 aliphatic carbocycles. The Bertz CT molecular complexity index is 1240. The number of imidazole rings is 1. The van der Waals surface area contributed by atoms with Crippen LogP contribution < -0.4 is 4.74 Å². The molecule has 4 aromatic rings. The Labute approximate surface area is 179 Å². The largest absolute Gasteiger partial charge is 0.460 e. The van der Waals surface area contributed by atoms with Crippen molar-refractivity contribution < 1.29 is 23.4 Å². The van der Waals surface area contributed by atoms with Gasteiger partial charge in [0, 0.05) is 28.3 Å². The van der Waals surface area contributed by atoms with Gasteiger partial charge in [0.1, 0.15) is 18.2 Å². The Morgan fingerprint density at radius 3 is 3.00 bits per heavy atom. The third kappa shape index (κ3) is 3.43. The molecule has 1 atom stereocenters. The van der Waals surface area contributed by atoms with E-state index in [-0.39, 0.29) is 24.1 Å². The highest BCUT2D eigenvalue weighted by Crippen LogP contribution is 2.37. The summed E-state index contributed by atoms with van der Waals surface area (Å²) in [6.45, 7) is -0.00822. The maximum atomic E-state index is 14.1. The summed E-state index contributed by atoms with van der Waals surface area (Å²) in [5.41, 5.74) is 1.92. The average Bonchev–Trinajstić information content (AvgIpc) is 3.32. The molecule has 6 nitrogen and oxygen atoms in total. The monoisotopic (exact) mass is 444 g/mol. The van der Waals surface area contributed by atoms with Crippen molar-refractivity contribution in [2.45, 2.75) is 19.5 Å². The van der Waals surface area contributed by atoms with E-state index in [0.717, 1.165) is 5.56 Å². The molecule has 1 unspecified atom stereocenters. The molecule has 0 fully saturated rings. The lowest BCUT2D eigenvalue weighted by molar-refractivity contribution is -0.112. The van der Waals surface area contributed by atoms with Gasteiger partial charge in [0.15, 0.2) is 15.8 Å². The summed E-state index contributed by atoms with van der Waals surface area (Å²) >= 11 is 7.43. The number of rotatable bonds is 4. The molecule has 0 radical (unpaired) electrons. The van der Waals surface area contributed by atoms with Crippen LogP contribution in [0.25, 0.3) is 4.96 Å². The van der Waals surface area contributed by atoms with Crippen molar-refractivity contribution in [1.29, 1.82) is 0 Å². The molecule has 0 bridgehead atoms. The van der Waals surface area contributed by atoms with E-state index in [1.807, 2.05) is 30.3 Å². The van der Waals surface area contributed by atoms with E-state index in [4.69, 9.17) is 25.8 Å². The molecule has 1 aliphatic rings. The summed E-state index contributed by atoms with van der Waals surface area (Å²) in [6, 6.07) is 12.1. The Morgan fingerprint density at radius 1 is 1.33 bits per heavy atom. The predicted molar refractivity (Wildman–Crippen MR) is 108 cm³/mol. The van der Waals surface area contributed by atoms with Gasteiger partial charge < -0.3 is 14.2 Å². The lowest BCUT2D eigenvalue weighted by Crippen LogP contribution is -2.20. The highest BCUT2D eigenvalue weighted by atomic mass is 35.5. The number of carbonyl (C=O) groups excluding carboxylic acids is 1. The third-order valence-electron chi connectivity index (χ3n) is 4.67. The number of fused-ring (bicyclic) bond motifs is 2. The number of esters is 1. The van der Waals surface area contributed by atoms with Gasteiger partial charge in [-0.15, -0.1) is 11.3 Å². The van der Waals surface area contributed by atoms with Gasteiger partial charge in [0.2, 0.25) is 6.29 Å². The number of carbonyl (C=O) groups is 1. The molecule has 152 valence electrons. The maximum Gasteiger partial charge on any atom is 0.358 e. The van der Waals surface area contributed by atoms with Gasteiger partial charge in [-0.3, -0.25) is 4.40 Å². The van der Waals surface area contributed by atoms with Crippen molar-refractivity contribution >= 4 is 33.9 Å². The zero-order valence-electron chi connectivity index (χ0n) is 15.4. The van der Waals surface area contributed by atoms with Gasteiger partial charge in [-0.2, -0.15) is 0 Å². The van der Waals surface area contributed by atoms with Crippen LogP contribution in [0.15, 0.2) is 54.0 Å². The van der Waals surface area contributed by atoms with E-state index in [0.29, 0.717) is 21.8 Å². The fourth-order valence-electron chi connectivity index (χ4n) is 3.31. The van der Waals surface area contributed by atoms with Gasteiger partial charge >= 0.3 is 5.97 Å². The second-order valence-electron chi connectivity index (χ2n) is 6.61. The van der Waals surface area contributed by atoms with Crippen LogP contribution in [0.3, 0.4) is 0 Å².